The number of hydrogen-bond acceptors (Lipinski definition) is 5. The summed E-state index contributed by atoms with van der Waals surface area (Å²) in [5, 5.41) is 3.26. The summed E-state index contributed by atoms with van der Waals surface area (Å²) in [5.41, 5.74) is 2.41. The van der Waals surface area contributed by atoms with Gasteiger partial charge in [-0.05, 0) is 31.2 Å². The molecule has 0 saturated carbocycles. The highest BCUT2D eigenvalue weighted by Gasteiger charge is 2.18. The summed E-state index contributed by atoms with van der Waals surface area (Å²) < 4.78 is 10.5. The lowest BCUT2D eigenvalue weighted by atomic mass is 10.2. The van der Waals surface area contributed by atoms with Crippen LogP contribution >= 0.6 is 11.8 Å². The van der Waals surface area contributed by atoms with Crippen LogP contribution < -0.4 is 14.8 Å². The van der Waals surface area contributed by atoms with E-state index in [1.807, 2.05) is 31.2 Å². The van der Waals surface area contributed by atoms with Crippen LogP contribution in [0.15, 0.2) is 47.6 Å². The normalized spacial score (nSPS) is 12.0. The number of anilines is 1. The summed E-state index contributed by atoms with van der Waals surface area (Å²) in [5.74, 6) is 1.08. The zero-order valence-electron chi connectivity index (χ0n) is 14.2. The number of carbonyl (C=O) groups excluding carboxylic acids is 1. The van der Waals surface area contributed by atoms with Gasteiger partial charge < -0.3 is 19.8 Å². The van der Waals surface area contributed by atoms with Crippen LogP contribution in [0.3, 0.4) is 0 Å². The van der Waals surface area contributed by atoms with E-state index in [-0.39, 0.29) is 11.2 Å². The fourth-order valence-electron chi connectivity index (χ4n) is 2.35. The number of para-hydroxylation sites is 2. The lowest BCUT2D eigenvalue weighted by Gasteiger charge is -2.14. The maximum Gasteiger partial charge on any atom is 0.237 e. The molecule has 0 spiro atoms. The first kappa shape index (κ1) is 17.2. The summed E-state index contributed by atoms with van der Waals surface area (Å²) in [6, 6.07) is 13.0. The molecular formula is C18H19N3O3S. The molecule has 25 heavy (non-hydrogen) atoms. The van der Waals surface area contributed by atoms with Crippen LogP contribution in [0.25, 0.3) is 11.0 Å². The number of thioether (sulfide) groups is 1. The predicted octanol–water partition coefficient (Wildman–Crippen LogP) is 3.70. The first-order chi connectivity index (χ1) is 12.1. The van der Waals surface area contributed by atoms with E-state index in [9.17, 15) is 4.79 Å². The van der Waals surface area contributed by atoms with Crippen LogP contribution in [0, 0.1) is 0 Å². The lowest BCUT2D eigenvalue weighted by molar-refractivity contribution is -0.115. The molecule has 130 valence electrons. The van der Waals surface area contributed by atoms with Gasteiger partial charge in [-0.1, -0.05) is 23.9 Å². The molecule has 1 atom stereocenters. The van der Waals surface area contributed by atoms with Crippen LogP contribution in [0.5, 0.6) is 11.5 Å². The average Bonchev–Trinajstić information content (AvgIpc) is 3.03. The number of nitrogens with one attached hydrogen (secondary N) is 2. The Labute approximate surface area is 149 Å². The van der Waals surface area contributed by atoms with E-state index in [0.717, 1.165) is 11.0 Å². The molecule has 1 heterocycles. The molecule has 1 amide bonds. The van der Waals surface area contributed by atoms with Crippen molar-refractivity contribution in [2.45, 2.75) is 17.3 Å². The lowest BCUT2D eigenvalue weighted by Crippen LogP contribution is -2.22. The van der Waals surface area contributed by atoms with E-state index in [1.165, 1.54) is 11.8 Å². The van der Waals surface area contributed by atoms with Gasteiger partial charge in [0.2, 0.25) is 5.91 Å². The molecular weight excluding hydrogens is 338 g/mol. The number of nitrogens with zero attached hydrogens (tertiary/aromatic N) is 1. The van der Waals surface area contributed by atoms with Gasteiger partial charge in [0.25, 0.3) is 0 Å². The molecule has 1 unspecified atom stereocenters. The Balaban J connectivity index is 1.72. The van der Waals surface area contributed by atoms with Crippen molar-refractivity contribution in [3.05, 3.63) is 42.5 Å². The molecule has 0 radical (unpaired) electrons. The molecule has 0 fully saturated rings. The second-order valence-corrected chi connectivity index (χ2v) is 6.70. The van der Waals surface area contributed by atoms with E-state index < -0.39 is 0 Å². The van der Waals surface area contributed by atoms with Crippen molar-refractivity contribution in [1.82, 2.24) is 9.97 Å². The van der Waals surface area contributed by atoms with Gasteiger partial charge in [0.1, 0.15) is 11.5 Å². The van der Waals surface area contributed by atoms with Gasteiger partial charge in [-0.2, -0.15) is 0 Å². The largest absolute Gasteiger partial charge is 0.497 e. The third-order valence-corrected chi connectivity index (χ3v) is 4.67. The van der Waals surface area contributed by atoms with Crippen LogP contribution in [0.2, 0.25) is 0 Å². The summed E-state index contributed by atoms with van der Waals surface area (Å²) in [6.07, 6.45) is 0. The van der Waals surface area contributed by atoms with Crippen molar-refractivity contribution < 1.29 is 14.3 Å². The van der Waals surface area contributed by atoms with Crippen molar-refractivity contribution in [3.63, 3.8) is 0 Å². The molecule has 3 rings (SSSR count). The van der Waals surface area contributed by atoms with E-state index in [4.69, 9.17) is 9.47 Å². The minimum absolute atomic E-state index is 0.142. The number of carbonyl (C=O) groups is 1. The number of amides is 1. The molecule has 0 aliphatic heterocycles. The molecule has 0 aliphatic rings. The second kappa shape index (κ2) is 7.48. The maximum atomic E-state index is 12.5. The summed E-state index contributed by atoms with van der Waals surface area (Å²) >= 11 is 1.37. The zero-order valence-corrected chi connectivity index (χ0v) is 15.0. The Bertz CT molecular complexity index is 861. The minimum atomic E-state index is -0.337. The molecule has 3 aromatic rings. The predicted molar refractivity (Wildman–Crippen MR) is 99.6 cm³/mol. The highest BCUT2D eigenvalue weighted by molar-refractivity contribution is 8.00. The number of aromatic nitrogens is 2. The number of benzene rings is 2. The van der Waals surface area contributed by atoms with Gasteiger partial charge in [0, 0.05) is 6.07 Å². The summed E-state index contributed by atoms with van der Waals surface area (Å²) in [4.78, 5) is 20.2. The van der Waals surface area contributed by atoms with Crippen molar-refractivity contribution in [2.75, 3.05) is 19.5 Å². The number of hydrogen-bond donors (Lipinski definition) is 2. The fraction of sp³-hybridized carbons (Fsp3) is 0.222. The molecule has 6 nitrogen and oxygen atoms in total. The molecule has 2 N–H and O–H groups in total. The average molecular weight is 357 g/mol. The number of methoxy groups -OCH3 is 2. The van der Waals surface area contributed by atoms with Crippen LogP contribution in [0.4, 0.5) is 5.69 Å². The van der Waals surface area contributed by atoms with E-state index >= 15 is 0 Å². The smallest absolute Gasteiger partial charge is 0.237 e. The van der Waals surface area contributed by atoms with E-state index in [0.29, 0.717) is 22.3 Å². The summed E-state index contributed by atoms with van der Waals surface area (Å²) in [6.45, 7) is 1.83. The van der Waals surface area contributed by atoms with Crippen molar-refractivity contribution in [2.24, 2.45) is 0 Å². The Hall–Kier alpha value is -2.67. The van der Waals surface area contributed by atoms with E-state index in [1.54, 1.807) is 32.4 Å². The van der Waals surface area contributed by atoms with Gasteiger partial charge in [-0.25, -0.2) is 4.98 Å². The Morgan fingerprint density at radius 3 is 2.72 bits per heavy atom. The van der Waals surface area contributed by atoms with Gasteiger partial charge in [-0.15, -0.1) is 0 Å². The minimum Gasteiger partial charge on any atom is -0.497 e. The number of fused-ring (bicyclic) bond motifs is 1. The Morgan fingerprint density at radius 2 is 2.00 bits per heavy atom. The van der Waals surface area contributed by atoms with Crippen LogP contribution in [0.1, 0.15) is 6.92 Å². The van der Waals surface area contributed by atoms with Crippen LogP contribution in [-0.2, 0) is 4.79 Å². The maximum absolute atomic E-state index is 12.5. The molecule has 0 aliphatic carbocycles. The first-order valence-electron chi connectivity index (χ1n) is 7.75. The first-order valence-corrected chi connectivity index (χ1v) is 8.63. The van der Waals surface area contributed by atoms with Gasteiger partial charge in [0.05, 0.1) is 36.2 Å². The third-order valence-electron chi connectivity index (χ3n) is 3.69. The number of imidazole rings is 1. The number of H-pyrrole nitrogens is 1. The van der Waals surface area contributed by atoms with Gasteiger partial charge in [-0.3, -0.25) is 4.79 Å². The van der Waals surface area contributed by atoms with Crippen molar-refractivity contribution in [3.8, 4) is 11.5 Å². The highest BCUT2D eigenvalue weighted by Crippen LogP contribution is 2.30. The molecule has 2 aromatic carbocycles. The SMILES string of the molecule is COc1ccc(OC)c(NC(=O)C(C)Sc2nc3ccccc3[nH]2)c1. The van der Waals surface area contributed by atoms with Gasteiger partial charge in [0.15, 0.2) is 5.16 Å². The van der Waals surface area contributed by atoms with Crippen molar-refractivity contribution in [1.29, 1.82) is 0 Å². The third kappa shape index (κ3) is 3.88. The number of rotatable bonds is 6. The molecule has 0 saturated heterocycles. The molecule has 1 aromatic heterocycles. The number of ether oxygens (including phenoxy) is 2. The Morgan fingerprint density at radius 1 is 1.20 bits per heavy atom. The zero-order chi connectivity index (χ0) is 17.8. The topological polar surface area (TPSA) is 76.2 Å². The monoisotopic (exact) mass is 357 g/mol. The molecule has 7 heteroatoms. The Kier molecular flexibility index (Phi) is 5.14. The quantitative estimate of drug-likeness (QED) is 0.658. The summed E-state index contributed by atoms with van der Waals surface area (Å²) in [7, 11) is 3.14. The fourth-order valence-corrected chi connectivity index (χ4v) is 3.17. The highest BCUT2D eigenvalue weighted by atomic mass is 32.2. The standard InChI is InChI=1S/C18H19N3O3S/c1-11(25-18-20-13-6-4-5-7-14(13)21-18)17(22)19-15-10-12(23-2)8-9-16(15)24-3/h4-11H,1-3H3,(H,19,22)(H,20,21). The molecule has 0 bridgehead atoms. The van der Waals surface area contributed by atoms with Crippen molar-refractivity contribution >= 4 is 34.4 Å². The van der Waals surface area contributed by atoms with E-state index in [2.05, 4.69) is 15.3 Å². The number of aromatic amines is 1. The van der Waals surface area contributed by atoms with Crippen LogP contribution in [-0.4, -0.2) is 35.3 Å². The van der Waals surface area contributed by atoms with Gasteiger partial charge >= 0.3 is 0 Å². The second-order valence-electron chi connectivity index (χ2n) is 5.37.